The van der Waals surface area contributed by atoms with Crippen LogP contribution in [0, 0.1) is 0 Å². The van der Waals surface area contributed by atoms with E-state index in [0.717, 1.165) is 48.8 Å². The number of carboxylic acid groups (broad SMARTS) is 2. The van der Waals surface area contributed by atoms with Crippen LogP contribution in [0.3, 0.4) is 0 Å². The van der Waals surface area contributed by atoms with E-state index in [-0.39, 0.29) is 31.1 Å². The molecule has 0 spiro atoms. The number of hydrogen-bond donors (Lipinski definition) is 2. The molecule has 10 nitrogen and oxygen atoms in total. The normalized spacial score (nSPS) is 12.3. The van der Waals surface area contributed by atoms with Crippen molar-refractivity contribution in [3.8, 4) is 34.1 Å². The largest absolute Gasteiger partial charge is 0.494 e. The van der Waals surface area contributed by atoms with Crippen LogP contribution in [0.1, 0.15) is 69.9 Å². The van der Waals surface area contributed by atoms with Crippen LogP contribution in [0.4, 0.5) is 0 Å². The molecule has 0 saturated carbocycles. The third kappa shape index (κ3) is 9.62. The highest BCUT2D eigenvalue weighted by molar-refractivity contribution is 7.92. The Morgan fingerprint density at radius 1 is 0.783 bits per heavy atom. The quantitative estimate of drug-likeness (QED) is 0.134. The molecule has 0 unspecified atom stereocenters. The summed E-state index contributed by atoms with van der Waals surface area (Å²) in [6, 6.07) is 16.3. The van der Waals surface area contributed by atoms with E-state index in [9.17, 15) is 23.1 Å². The molecule has 11 heteroatoms. The van der Waals surface area contributed by atoms with Crippen molar-refractivity contribution < 1.29 is 47.2 Å². The lowest BCUT2D eigenvalue weighted by molar-refractivity contribution is -0.138. The number of unbranched alkanes of at least 4 members (excludes halogenated alkanes) is 3. The summed E-state index contributed by atoms with van der Waals surface area (Å²) in [5.74, 6) is 0.587. The first-order valence-corrected chi connectivity index (χ1v) is 17.2. The van der Waals surface area contributed by atoms with Crippen LogP contribution in [-0.4, -0.2) is 55.8 Å². The van der Waals surface area contributed by atoms with Gasteiger partial charge in [-0.2, -0.15) is 0 Å². The smallest absolute Gasteiger partial charge is 0.303 e. The van der Waals surface area contributed by atoms with E-state index in [1.807, 2.05) is 36.4 Å². The summed E-state index contributed by atoms with van der Waals surface area (Å²) in [7, 11) is -3.54. The average Bonchev–Trinajstić information content (AvgIpc) is 3.50. The molecule has 0 atom stereocenters. The van der Waals surface area contributed by atoms with Crippen molar-refractivity contribution in [3.05, 3.63) is 65.7 Å². The number of fused-ring (bicyclic) bond motifs is 1. The van der Waals surface area contributed by atoms with E-state index >= 15 is 0 Å². The summed E-state index contributed by atoms with van der Waals surface area (Å²) in [6.45, 7) is 4.14. The van der Waals surface area contributed by atoms with Gasteiger partial charge in [-0.05, 0) is 105 Å². The first kappa shape index (κ1) is 34.6. The molecule has 0 aliphatic carbocycles. The second-order valence-electron chi connectivity index (χ2n) is 11.5. The van der Waals surface area contributed by atoms with Crippen LogP contribution in [0.2, 0.25) is 0 Å². The van der Waals surface area contributed by atoms with Crippen molar-refractivity contribution in [3.63, 3.8) is 0 Å². The Bertz CT molecular complexity index is 1610. The Labute approximate surface area is 270 Å². The average molecular weight is 655 g/mol. The van der Waals surface area contributed by atoms with E-state index < -0.39 is 27.0 Å². The maximum Gasteiger partial charge on any atom is 0.303 e. The number of hydrogen-bond acceptors (Lipinski definition) is 8. The summed E-state index contributed by atoms with van der Waals surface area (Å²) >= 11 is 0. The molecular formula is C35H42O10S. The zero-order valence-corrected chi connectivity index (χ0v) is 27.1. The zero-order valence-electron chi connectivity index (χ0n) is 26.3. The molecule has 1 aliphatic heterocycles. The van der Waals surface area contributed by atoms with Crippen LogP contribution in [0.25, 0.3) is 11.1 Å². The topological polar surface area (TPSA) is 146 Å². The van der Waals surface area contributed by atoms with Gasteiger partial charge in [-0.25, -0.2) is 8.42 Å². The van der Waals surface area contributed by atoms with Crippen molar-refractivity contribution >= 4 is 21.8 Å². The van der Waals surface area contributed by atoms with Gasteiger partial charge in [-0.1, -0.05) is 31.0 Å². The third-order valence-electron chi connectivity index (χ3n) is 7.76. The van der Waals surface area contributed by atoms with Crippen molar-refractivity contribution in [1.29, 1.82) is 0 Å². The van der Waals surface area contributed by atoms with Gasteiger partial charge in [0, 0.05) is 12.8 Å². The number of carbonyl (C=O) groups is 2. The Hall–Kier alpha value is -4.25. The van der Waals surface area contributed by atoms with Crippen molar-refractivity contribution in [2.24, 2.45) is 0 Å². The fraction of sp³-hybridized carbons (Fsp3) is 0.429. The van der Waals surface area contributed by atoms with Gasteiger partial charge < -0.3 is 29.2 Å². The van der Waals surface area contributed by atoms with E-state index in [1.54, 1.807) is 32.0 Å². The minimum atomic E-state index is -3.54. The lowest BCUT2D eigenvalue weighted by Crippen LogP contribution is -2.14. The summed E-state index contributed by atoms with van der Waals surface area (Å²) in [6.07, 6.45) is 4.96. The summed E-state index contributed by atoms with van der Waals surface area (Å²) in [5.41, 5.74) is 3.40. The lowest BCUT2D eigenvalue weighted by Gasteiger charge is -2.15. The van der Waals surface area contributed by atoms with Crippen LogP contribution in [-0.2, 0) is 32.3 Å². The van der Waals surface area contributed by atoms with Gasteiger partial charge in [0.2, 0.25) is 6.79 Å². The summed E-state index contributed by atoms with van der Waals surface area (Å²) in [5, 5.41) is 17.5. The summed E-state index contributed by atoms with van der Waals surface area (Å²) < 4.78 is 49.0. The van der Waals surface area contributed by atoms with Crippen molar-refractivity contribution in [2.75, 3.05) is 20.0 Å². The molecule has 1 heterocycles. The van der Waals surface area contributed by atoms with Gasteiger partial charge in [-0.15, -0.1) is 0 Å². The minimum absolute atomic E-state index is 0.0113. The van der Waals surface area contributed by atoms with Gasteiger partial charge in [-0.3, -0.25) is 9.59 Å². The molecule has 0 amide bonds. The van der Waals surface area contributed by atoms with Crippen LogP contribution >= 0.6 is 0 Å². The van der Waals surface area contributed by atoms with E-state index in [4.69, 9.17) is 24.1 Å². The van der Waals surface area contributed by atoms with Crippen LogP contribution in [0.5, 0.6) is 23.0 Å². The third-order valence-corrected chi connectivity index (χ3v) is 9.89. The molecule has 4 rings (SSSR count). The SMILES string of the molecule is CC(C)S(=O)(=O)c1cc(OCCCCCCc2cccc(OCCCC(=O)O)c2CCC(=O)O)cc(-c2ccc3c(c2)OCO3)c1. The number of sulfone groups is 1. The minimum Gasteiger partial charge on any atom is -0.494 e. The predicted octanol–water partition coefficient (Wildman–Crippen LogP) is 6.71. The maximum atomic E-state index is 13.1. The summed E-state index contributed by atoms with van der Waals surface area (Å²) in [4.78, 5) is 22.3. The molecule has 2 N–H and O–H groups in total. The molecule has 0 bridgehead atoms. The number of ether oxygens (including phenoxy) is 4. The molecule has 46 heavy (non-hydrogen) atoms. The van der Waals surface area contributed by atoms with Gasteiger partial charge >= 0.3 is 11.9 Å². The van der Waals surface area contributed by atoms with Gasteiger partial charge in [0.15, 0.2) is 21.3 Å². The molecule has 0 radical (unpaired) electrons. The fourth-order valence-electron chi connectivity index (χ4n) is 5.20. The number of aliphatic carboxylic acids is 2. The number of rotatable bonds is 19. The number of aryl methyl sites for hydroxylation is 1. The van der Waals surface area contributed by atoms with Gasteiger partial charge in [0.05, 0.1) is 23.4 Å². The second kappa shape index (κ2) is 16.4. The Morgan fingerprint density at radius 3 is 2.28 bits per heavy atom. The maximum absolute atomic E-state index is 13.1. The Morgan fingerprint density at radius 2 is 1.52 bits per heavy atom. The second-order valence-corrected chi connectivity index (χ2v) is 14.0. The monoisotopic (exact) mass is 654 g/mol. The highest BCUT2D eigenvalue weighted by Crippen LogP contribution is 2.38. The molecule has 0 saturated heterocycles. The van der Waals surface area contributed by atoms with Crippen molar-refractivity contribution in [2.45, 2.75) is 81.8 Å². The molecule has 0 aromatic heterocycles. The van der Waals surface area contributed by atoms with Gasteiger partial charge in [0.1, 0.15) is 11.5 Å². The highest BCUT2D eigenvalue weighted by atomic mass is 32.2. The van der Waals surface area contributed by atoms with Crippen LogP contribution in [0.15, 0.2) is 59.5 Å². The Kier molecular flexibility index (Phi) is 12.3. The lowest BCUT2D eigenvalue weighted by atomic mass is 9.97. The molecule has 3 aromatic rings. The van der Waals surface area contributed by atoms with E-state index in [0.29, 0.717) is 48.0 Å². The Balaban J connectivity index is 1.33. The first-order chi connectivity index (χ1) is 22.0. The van der Waals surface area contributed by atoms with Crippen LogP contribution < -0.4 is 18.9 Å². The standard InChI is InChI=1S/C35H42O10S/c1-24(2)46(40,41)29-20-27(26-13-15-32-33(21-26)45-23-44-32)19-28(22-29)42-17-6-4-3-5-9-25-10-7-11-31(30(25)14-16-35(38)39)43-18-8-12-34(36)37/h7,10-11,13,15,19-22,24H,3-6,8-9,12,14,16-18,23H2,1-2H3,(H,36,37)(H,38,39). The van der Waals surface area contributed by atoms with E-state index in [1.165, 1.54) is 0 Å². The van der Waals surface area contributed by atoms with E-state index in [2.05, 4.69) is 0 Å². The number of benzene rings is 3. The molecular weight excluding hydrogens is 612 g/mol. The van der Waals surface area contributed by atoms with Gasteiger partial charge in [0.25, 0.3) is 0 Å². The zero-order chi connectivity index (χ0) is 33.1. The fourth-order valence-corrected chi connectivity index (χ4v) is 6.31. The number of carboxylic acids is 2. The predicted molar refractivity (Wildman–Crippen MR) is 173 cm³/mol. The first-order valence-electron chi connectivity index (χ1n) is 15.6. The highest BCUT2D eigenvalue weighted by Gasteiger charge is 2.22. The van der Waals surface area contributed by atoms with Crippen molar-refractivity contribution in [1.82, 2.24) is 0 Å². The molecule has 3 aromatic carbocycles. The molecule has 248 valence electrons. The molecule has 1 aliphatic rings. The molecule has 0 fully saturated rings.